The van der Waals surface area contributed by atoms with Crippen molar-refractivity contribution in [3.63, 3.8) is 0 Å². The predicted molar refractivity (Wildman–Crippen MR) is 101 cm³/mol. The van der Waals surface area contributed by atoms with E-state index in [1.54, 1.807) is 0 Å². The van der Waals surface area contributed by atoms with Crippen LogP contribution < -0.4 is 15.4 Å². The molecule has 0 saturated carbocycles. The maximum Gasteiger partial charge on any atom is 0.230 e. The van der Waals surface area contributed by atoms with Crippen LogP contribution in [0.25, 0.3) is 0 Å². The molecule has 0 aliphatic carbocycles. The van der Waals surface area contributed by atoms with Crippen LogP contribution in [0.4, 0.5) is 5.69 Å². The molecule has 0 heterocycles. The topological polar surface area (TPSA) is 50.4 Å². The van der Waals surface area contributed by atoms with Gasteiger partial charge in [0.05, 0.1) is 13.0 Å². The molecule has 24 heavy (non-hydrogen) atoms. The maximum atomic E-state index is 12.1. The summed E-state index contributed by atoms with van der Waals surface area (Å²) >= 11 is 5.19. The van der Waals surface area contributed by atoms with Gasteiger partial charge in [-0.15, -0.1) is 0 Å². The van der Waals surface area contributed by atoms with Crippen LogP contribution >= 0.6 is 12.2 Å². The second kappa shape index (κ2) is 9.03. The minimum absolute atomic E-state index is 0.135. The van der Waals surface area contributed by atoms with Crippen molar-refractivity contribution >= 4 is 28.9 Å². The number of ether oxygens (including phenoxy) is 1. The van der Waals surface area contributed by atoms with Gasteiger partial charge in [-0.05, 0) is 61.0 Å². The second-order valence-electron chi connectivity index (χ2n) is 5.48. The Kier molecular flexibility index (Phi) is 6.75. The van der Waals surface area contributed by atoms with Crippen molar-refractivity contribution in [3.05, 3.63) is 59.7 Å². The van der Waals surface area contributed by atoms with E-state index in [2.05, 4.69) is 17.6 Å². The van der Waals surface area contributed by atoms with Gasteiger partial charge in [0.1, 0.15) is 5.75 Å². The summed E-state index contributed by atoms with van der Waals surface area (Å²) in [4.78, 5) is 12.1. The molecule has 5 heteroatoms. The number of amides is 1. The Labute approximate surface area is 148 Å². The molecule has 0 unspecified atom stereocenters. The van der Waals surface area contributed by atoms with Gasteiger partial charge in [-0.2, -0.15) is 0 Å². The number of nitrogens with one attached hydrogen (secondary N) is 2. The summed E-state index contributed by atoms with van der Waals surface area (Å²) in [6, 6.07) is 15.3. The van der Waals surface area contributed by atoms with Crippen LogP contribution in [0.3, 0.4) is 0 Å². The third-order valence-electron chi connectivity index (χ3n) is 3.45. The minimum Gasteiger partial charge on any atom is -0.494 e. The molecule has 2 aromatic carbocycles. The van der Waals surface area contributed by atoms with Crippen molar-refractivity contribution in [2.75, 3.05) is 11.9 Å². The van der Waals surface area contributed by atoms with Gasteiger partial charge in [0.2, 0.25) is 5.91 Å². The van der Waals surface area contributed by atoms with Crippen LogP contribution in [0.15, 0.2) is 48.5 Å². The number of benzene rings is 2. The first-order chi connectivity index (χ1) is 11.6. The average molecular weight is 342 g/mol. The fraction of sp³-hybridized carbons (Fsp3) is 0.263. The van der Waals surface area contributed by atoms with E-state index in [0.29, 0.717) is 13.0 Å². The van der Waals surface area contributed by atoms with Gasteiger partial charge >= 0.3 is 0 Å². The highest BCUT2D eigenvalue weighted by Crippen LogP contribution is 2.15. The molecule has 1 amide bonds. The molecule has 2 aromatic rings. The Hall–Kier alpha value is -2.40. The van der Waals surface area contributed by atoms with Crippen molar-refractivity contribution in [1.82, 2.24) is 5.32 Å². The summed E-state index contributed by atoms with van der Waals surface area (Å²) < 4.78 is 5.53. The Morgan fingerprint density at radius 1 is 1.12 bits per heavy atom. The number of hydrogen-bond acceptors (Lipinski definition) is 3. The summed E-state index contributed by atoms with van der Waals surface area (Å²) in [7, 11) is 0. The highest BCUT2D eigenvalue weighted by molar-refractivity contribution is 7.80. The van der Waals surface area contributed by atoms with Crippen molar-refractivity contribution < 1.29 is 9.53 Å². The van der Waals surface area contributed by atoms with Gasteiger partial charge in [0, 0.05) is 5.69 Å². The Morgan fingerprint density at radius 3 is 2.50 bits per heavy atom. The van der Waals surface area contributed by atoms with E-state index >= 15 is 0 Å². The Bertz CT molecular complexity index is 699. The van der Waals surface area contributed by atoms with E-state index in [9.17, 15) is 4.79 Å². The first-order valence-corrected chi connectivity index (χ1v) is 8.37. The predicted octanol–water partition coefficient (Wildman–Crippen LogP) is 3.84. The molecular weight excluding hydrogens is 320 g/mol. The molecule has 0 bridgehead atoms. The van der Waals surface area contributed by atoms with E-state index in [0.717, 1.165) is 29.0 Å². The van der Waals surface area contributed by atoms with Crippen LogP contribution in [-0.2, 0) is 11.2 Å². The normalized spacial score (nSPS) is 10.1. The standard InChI is InChI=1S/C19H22N2O2S/c1-3-12-23-17-10-8-16(9-11-17)20-19(24)21-18(22)13-15-7-5-4-6-14(15)2/h4-11H,3,12-13H2,1-2H3,(H2,20,21,22,24). The summed E-state index contributed by atoms with van der Waals surface area (Å²) in [5.74, 6) is 0.682. The lowest BCUT2D eigenvalue weighted by Crippen LogP contribution is -2.35. The molecule has 126 valence electrons. The van der Waals surface area contributed by atoms with Crippen molar-refractivity contribution in [2.45, 2.75) is 26.7 Å². The second-order valence-corrected chi connectivity index (χ2v) is 5.89. The number of anilines is 1. The van der Waals surface area contributed by atoms with Crippen molar-refractivity contribution in [1.29, 1.82) is 0 Å². The van der Waals surface area contributed by atoms with Gasteiger partial charge in [0.25, 0.3) is 0 Å². The number of carbonyl (C=O) groups is 1. The third kappa shape index (κ3) is 5.66. The quantitative estimate of drug-likeness (QED) is 0.783. The lowest BCUT2D eigenvalue weighted by Gasteiger charge is -2.11. The van der Waals surface area contributed by atoms with Gasteiger partial charge in [-0.25, -0.2) is 0 Å². The van der Waals surface area contributed by atoms with E-state index in [1.165, 1.54) is 0 Å². The van der Waals surface area contributed by atoms with Crippen LogP contribution in [0.5, 0.6) is 5.75 Å². The molecule has 2 N–H and O–H groups in total. The van der Waals surface area contributed by atoms with Gasteiger partial charge in [-0.1, -0.05) is 31.2 Å². The number of hydrogen-bond donors (Lipinski definition) is 2. The van der Waals surface area contributed by atoms with Crippen LogP contribution in [-0.4, -0.2) is 17.6 Å². The zero-order valence-electron chi connectivity index (χ0n) is 14.0. The zero-order valence-corrected chi connectivity index (χ0v) is 14.8. The van der Waals surface area contributed by atoms with E-state index in [4.69, 9.17) is 17.0 Å². The van der Waals surface area contributed by atoms with Crippen LogP contribution in [0.1, 0.15) is 24.5 Å². The summed E-state index contributed by atoms with van der Waals surface area (Å²) in [5.41, 5.74) is 2.89. The molecule has 0 aliphatic rings. The summed E-state index contributed by atoms with van der Waals surface area (Å²) in [5, 5.41) is 5.99. The highest BCUT2D eigenvalue weighted by Gasteiger charge is 2.08. The van der Waals surface area contributed by atoms with Crippen LogP contribution in [0, 0.1) is 6.92 Å². The van der Waals surface area contributed by atoms with E-state index in [-0.39, 0.29) is 11.0 Å². The summed E-state index contributed by atoms with van der Waals surface area (Å²) in [6.07, 6.45) is 1.27. The lowest BCUT2D eigenvalue weighted by atomic mass is 10.1. The minimum atomic E-state index is -0.135. The first kappa shape index (κ1) is 17.9. The zero-order chi connectivity index (χ0) is 17.4. The fourth-order valence-corrected chi connectivity index (χ4v) is 2.40. The average Bonchev–Trinajstić information content (AvgIpc) is 2.56. The van der Waals surface area contributed by atoms with Gasteiger partial charge in [0.15, 0.2) is 5.11 Å². The van der Waals surface area contributed by atoms with Gasteiger partial charge in [-0.3, -0.25) is 4.79 Å². The van der Waals surface area contributed by atoms with E-state index < -0.39 is 0 Å². The third-order valence-corrected chi connectivity index (χ3v) is 3.65. The first-order valence-electron chi connectivity index (χ1n) is 7.96. The molecule has 0 fully saturated rings. The molecule has 0 atom stereocenters. The smallest absolute Gasteiger partial charge is 0.230 e. The molecule has 4 nitrogen and oxygen atoms in total. The van der Waals surface area contributed by atoms with Crippen LogP contribution in [0.2, 0.25) is 0 Å². The molecule has 0 radical (unpaired) electrons. The van der Waals surface area contributed by atoms with E-state index in [1.807, 2.05) is 55.5 Å². The highest BCUT2D eigenvalue weighted by atomic mass is 32.1. The summed E-state index contributed by atoms with van der Waals surface area (Å²) in [6.45, 7) is 4.75. The Morgan fingerprint density at radius 2 is 1.83 bits per heavy atom. The molecule has 2 rings (SSSR count). The van der Waals surface area contributed by atoms with Crippen molar-refractivity contribution in [2.24, 2.45) is 0 Å². The number of rotatable bonds is 6. The number of thiocarbonyl (C=S) groups is 1. The molecule has 0 aromatic heterocycles. The maximum absolute atomic E-state index is 12.1. The molecule has 0 saturated heterocycles. The molecular formula is C19H22N2O2S. The monoisotopic (exact) mass is 342 g/mol. The van der Waals surface area contributed by atoms with Crippen molar-refractivity contribution in [3.8, 4) is 5.75 Å². The Balaban J connectivity index is 1.84. The molecule has 0 spiro atoms. The SMILES string of the molecule is CCCOc1ccc(NC(=S)NC(=O)Cc2ccccc2C)cc1. The molecule has 0 aliphatic heterocycles. The fourth-order valence-electron chi connectivity index (χ4n) is 2.17. The number of carbonyl (C=O) groups excluding carboxylic acids is 1. The number of aryl methyl sites for hydroxylation is 1. The van der Waals surface area contributed by atoms with Gasteiger partial charge < -0.3 is 15.4 Å². The largest absolute Gasteiger partial charge is 0.494 e. The lowest BCUT2D eigenvalue weighted by molar-refractivity contribution is -0.119.